The zero-order valence-electron chi connectivity index (χ0n) is 20.2. The molecule has 8 nitrogen and oxygen atoms in total. The monoisotopic (exact) mass is 495 g/mol. The molecular weight excluding hydrogens is 468 g/mol. The van der Waals surface area contributed by atoms with E-state index in [4.69, 9.17) is 9.47 Å². The number of morpholine rings is 1. The summed E-state index contributed by atoms with van der Waals surface area (Å²) in [6.07, 6.45) is 2.84. The number of rotatable bonds is 5. The van der Waals surface area contributed by atoms with E-state index < -0.39 is 11.6 Å². The topological polar surface area (TPSA) is 80.7 Å². The molecule has 36 heavy (non-hydrogen) atoms. The van der Waals surface area contributed by atoms with Crippen molar-refractivity contribution in [3.8, 4) is 17.0 Å². The normalized spacial score (nSPS) is 15.6. The van der Waals surface area contributed by atoms with Gasteiger partial charge in [-0.25, -0.2) is 18.7 Å². The Kier molecular flexibility index (Phi) is 6.77. The first-order valence-corrected chi connectivity index (χ1v) is 12.0. The Morgan fingerprint density at radius 3 is 2.56 bits per heavy atom. The summed E-state index contributed by atoms with van der Waals surface area (Å²) in [7, 11) is 0. The van der Waals surface area contributed by atoms with Crippen molar-refractivity contribution >= 4 is 11.6 Å². The zero-order valence-corrected chi connectivity index (χ0v) is 20.2. The first kappa shape index (κ1) is 24.1. The van der Waals surface area contributed by atoms with Crippen molar-refractivity contribution in [2.24, 2.45) is 0 Å². The molecule has 2 aliphatic rings. The molecule has 0 spiro atoms. The molecule has 0 atom stereocenters. The molecule has 0 saturated carbocycles. The second kappa shape index (κ2) is 10.1. The summed E-state index contributed by atoms with van der Waals surface area (Å²) in [5, 5.41) is 0. The van der Waals surface area contributed by atoms with E-state index in [1.165, 1.54) is 12.3 Å². The Bertz CT molecular complexity index is 1260. The highest BCUT2D eigenvalue weighted by atomic mass is 19.1. The molecule has 188 valence electrons. The second-order valence-corrected chi connectivity index (χ2v) is 9.04. The summed E-state index contributed by atoms with van der Waals surface area (Å²) in [6, 6.07) is 6.51. The van der Waals surface area contributed by atoms with Crippen LogP contribution in [0.4, 0.5) is 14.5 Å². The molecule has 0 bridgehead atoms. The molecule has 1 amide bonds. The second-order valence-electron chi connectivity index (χ2n) is 9.04. The number of halogens is 2. The third-order valence-corrected chi connectivity index (χ3v) is 6.31. The van der Waals surface area contributed by atoms with E-state index in [1.807, 2.05) is 18.7 Å². The number of pyridine rings is 1. The number of fused-ring (bicyclic) bond motifs is 1. The van der Waals surface area contributed by atoms with Crippen LogP contribution < -0.4 is 9.64 Å². The van der Waals surface area contributed by atoms with E-state index in [9.17, 15) is 13.6 Å². The van der Waals surface area contributed by atoms with E-state index in [0.29, 0.717) is 67.8 Å². The standard InChI is InChI=1S/C26H27F2N5O3/c1-16(2)33-7-10-36-25-20(27)11-18(12-22(25)33)24-21(28)15-30-23(31-24)13-19-4-3-17(14-29-19)26(34)32-5-8-35-9-6-32/h3-4,11-12,14-16H,5-10,13H2,1-2H3. The van der Waals surface area contributed by atoms with Gasteiger partial charge >= 0.3 is 0 Å². The van der Waals surface area contributed by atoms with Crippen LogP contribution in [0.1, 0.15) is 35.7 Å². The molecule has 0 aliphatic carbocycles. The Morgan fingerprint density at radius 1 is 1.03 bits per heavy atom. The molecule has 10 heteroatoms. The van der Waals surface area contributed by atoms with Gasteiger partial charge in [0.15, 0.2) is 17.4 Å². The highest BCUT2D eigenvalue weighted by Crippen LogP contribution is 2.39. The lowest BCUT2D eigenvalue weighted by atomic mass is 10.1. The molecule has 4 heterocycles. The van der Waals surface area contributed by atoms with Gasteiger partial charge in [0.05, 0.1) is 43.6 Å². The van der Waals surface area contributed by atoms with Gasteiger partial charge in [0.2, 0.25) is 0 Å². The fourth-order valence-corrected chi connectivity index (χ4v) is 4.43. The lowest BCUT2D eigenvalue weighted by Gasteiger charge is -2.34. The van der Waals surface area contributed by atoms with Crippen molar-refractivity contribution in [2.75, 3.05) is 44.4 Å². The van der Waals surface area contributed by atoms with Crippen molar-refractivity contribution in [3.63, 3.8) is 0 Å². The minimum Gasteiger partial charge on any atom is -0.486 e. The predicted molar refractivity (Wildman–Crippen MR) is 129 cm³/mol. The maximum atomic E-state index is 14.9. The van der Waals surface area contributed by atoms with E-state index in [1.54, 1.807) is 23.1 Å². The quantitative estimate of drug-likeness (QED) is 0.536. The van der Waals surface area contributed by atoms with Crippen molar-refractivity contribution in [3.05, 3.63) is 65.4 Å². The Balaban J connectivity index is 1.38. The maximum Gasteiger partial charge on any atom is 0.255 e. The van der Waals surface area contributed by atoms with Gasteiger partial charge in [-0.15, -0.1) is 0 Å². The summed E-state index contributed by atoms with van der Waals surface area (Å²) in [5.74, 6) is -0.794. The molecule has 3 aromatic rings. The highest BCUT2D eigenvalue weighted by Gasteiger charge is 2.26. The minimum atomic E-state index is -0.648. The number of hydrogen-bond donors (Lipinski definition) is 0. The molecule has 0 unspecified atom stereocenters. The number of nitrogens with zero attached hydrogens (tertiary/aromatic N) is 5. The largest absolute Gasteiger partial charge is 0.486 e. The number of carbonyl (C=O) groups excluding carboxylic acids is 1. The predicted octanol–water partition coefficient (Wildman–Crippen LogP) is 3.49. The van der Waals surface area contributed by atoms with E-state index in [2.05, 4.69) is 15.0 Å². The summed E-state index contributed by atoms with van der Waals surface area (Å²) in [5.41, 5.74) is 2.01. The van der Waals surface area contributed by atoms with Crippen molar-refractivity contribution < 1.29 is 23.0 Å². The van der Waals surface area contributed by atoms with Crippen LogP contribution in [0.15, 0.2) is 36.7 Å². The van der Waals surface area contributed by atoms with Gasteiger partial charge in [0, 0.05) is 36.6 Å². The number of carbonyl (C=O) groups is 1. The Labute approximate surface area is 207 Å². The molecule has 0 radical (unpaired) electrons. The van der Waals surface area contributed by atoms with Crippen LogP contribution in [-0.2, 0) is 11.2 Å². The number of amides is 1. The Hall–Kier alpha value is -3.66. The smallest absolute Gasteiger partial charge is 0.255 e. The third kappa shape index (κ3) is 4.86. The Morgan fingerprint density at radius 2 is 1.83 bits per heavy atom. The summed E-state index contributed by atoms with van der Waals surface area (Å²) in [6.45, 7) is 7.17. The minimum absolute atomic E-state index is 0.00935. The third-order valence-electron chi connectivity index (χ3n) is 6.31. The first-order valence-electron chi connectivity index (χ1n) is 12.0. The average molecular weight is 496 g/mol. The molecule has 1 fully saturated rings. The van der Waals surface area contributed by atoms with Crippen LogP contribution in [0, 0.1) is 11.6 Å². The van der Waals surface area contributed by atoms with Crippen LogP contribution in [0.25, 0.3) is 11.3 Å². The van der Waals surface area contributed by atoms with Gasteiger partial charge in [-0.3, -0.25) is 9.78 Å². The van der Waals surface area contributed by atoms with Gasteiger partial charge in [0.1, 0.15) is 18.1 Å². The fourth-order valence-electron chi connectivity index (χ4n) is 4.43. The van der Waals surface area contributed by atoms with Crippen LogP contribution in [0.2, 0.25) is 0 Å². The van der Waals surface area contributed by atoms with Gasteiger partial charge in [-0.2, -0.15) is 0 Å². The summed E-state index contributed by atoms with van der Waals surface area (Å²) >= 11 is 0. The maximum absolute atomic E-state index is 14.9. The van der Waals surface area contributed by atoms with E-state index in [-0.39, 0.29) is 29.8 Å². The van der Waals surface area contributed by atoms with Crippen LogP contribution >= 0.6 is 0 Å². The molecule has 1 saturated heterocycles. The average Bonchev–Trinajstić information content (AvgIpc) is 2.90. The van der Waals surface area contributed by atoms with Gasteiger partial charge < -0.3 is 19.3 Å². The number of anilines is 1. The molecular formula is C26H27F2N5O3. The fraction of sp³-hybridized carbons (Fsp3) is 0.385. The van der Waals surface area contributed by atoms with Crippen LogP contribution in [0.5, 0.6) is 5.75 Å². The molecule has 2 aliphatic heterocycles. The lowest BCUT2D eigenvalue weighted by molar-refractivity contribution is 0.0302. The number of aromatic nitrogens is 3. The van der Waals surface area contributed by atoms with Gasteiger partial charge in [0.25, 0.3) is 5.91 Å². The van der Waals surface area contributed by atoms with Gasteiger partial charge in [-0.05, 0) is 38.1 Å². The summed E-state index contributed by atoms with van der Waals surface area (Å²) < 4.78 is 40.5. The molecule has 5 rings (SSSR count). The van der Waals surface area contributed by atoms with Gasteiger partial charge in [-0.1, -0.05) is 0 Å². The molecule has 0 N–H and O–H groups in total. The molecule has 2 aromatic heterocycles. The van der Waals surface area contributed by atoms with E-state index >= 15 is 0 Å². The highest BCUT2D eigenvalue weighted by molar-refractivity contribution is 5.94. The first-order chi connectivity index (χ1) is 17.4. The van der Waals surface area contributed by atoms with Crippen molar-refractivity contribution in [1.29, 1.82) is 0 Å². The van der Waals surface area contributed by atoms with Crippen molar-refractivity contribution in [1.82, 2.24) is 19.9 Å². The summed E-state index contributed by atoms with van der Waals surface area (Å²) in [4.78, 5) is 29.2. The number of hydrogen-bond acceptors (Lipinski definition) is 7. The van der Waals surface area contributed by atoms with Crippen LogP contribution in [-0.4, -0.2) is 71.3 Å². The number of ether oxygens (including phenoxy) is 2. The zero-order chi connectivity index (χ0) is 25.2. The van der Waals surface area contributed by atoms with Crippen LogP contribution in [0.3, 0.4) is 0 Å². The SMILES string of the molecule is CC(C)N1CCOc2c(F)cc(-c3nc(Cc4ccc(C(=O)N5CCOCC5)cn4)ncc3F)cc21. The lowest BCUT2D eigenvalue weighted by Crippen LogP contribution is -2.40. The van der Waals surface area contributed by atoms with E-state index in [0.717, 1.165) is 6.20 Å². The number of benzene rings is 1. The molecule has 1 aromatic carbocycles. The van der Waals surface area contributed by atoms with Crippen molar-refractivity contribution in [2.45, 2.75) is 26.3 Å².